The summed E-state index contributed by atoms with van der Waals surface area (Å²) in [5.41, 5.74) is 1.55. The van der Waals surface area contributed by atoms with E-state index in [1.165, 1.54) is 24.4 Å². The summed E-state index contributed by atoms with van der Waals surface area (Å²) in [6.45, 7) is 1.82. The highest BCUT2D eigenvalue weighted by molar-refractivity contribution is 7.87. The first kappa shape index (κ1) is 24.8. The summed E-state index contributed by atoms with van der Waals surface area (Å²) in [5.74, 6) is -0.515. The maximum atomic E-state index is 13.4. The van der Waals surface area contributed by atoms with Crippen LogP contribution in [0.15, 0.2) is 88.7 Å². The molecule has 0 radical (unpaired) electrons. The fourth-order valence-corrected chi connectivity index (χ4v) is 4.91. The van der Waals surface area contributed by atoms with Crippen molar-refractivity contribution in [1.29, 1.82) is 0 Å². The minimum Gasteiger partial charge on any atom is -0.372 e. The monoisotopic (exact) mass is 530 g/mol. The lowest BCUT2D eigenvalue weighted by atomic mass is 10.1. The summed E-state index contributed by atoms with van der Waals surface area (Å²) >= 11 is 4.04. The van der Waals surface area contributed by atoms with Crippen molar-refractivity contribution in [2.45, 2.75) is 17.6 Å². The summed E-state index contributed by atoms with van der Waals surface area (Å²) in [7, 11) is -4.35. The van der Waals surface area contributed by atoms with Crippen molar-refractivity contribution in [2.24, 2.45) is 0 Å². The Morgan fingerprint density at radius 3 is 2.37 bits per heavy atom. The normalized spacial score (nSPS) is 12.3. The molecule has 1 heterocycles. The summed E-state index contributed by atoms with van der Waals surface area (Å²) in [4.78, 5) is 13.3. The smallest absolute Gasteiger partial charge is 0.339 e. The van der Waals surface area contributed by atoms with Gasteiger partial charge in [-0.3, -0.25) is 4.79 Å². The van der Waals surface area contributed by atoms with Crippen molar-refractivity contribution in [2.75, 3.05) is 0 Å². The van der Waals surface area contributed by atoms with Gasteiger partial charge in [0.25, 0.3) is 0 Å². The van der Waals surface area contributed by atoms with E-state index in [1.54, 1.807) is 54.6 Å². The van der Waals surface area contributed by atoms with Gasteiger partial charge in [0.1, 0.15) is 4.90 Å². The van der Waals surface area contributed by atoms with Crippen molar-refractivity contribution < 1.29 is 21.4 Å². The van der Waals surface area contributed by atoms with Crippen LogP contribution in [0.2, 0.25) is 5.02 Å². The number of hydrogen-bond acceptors (Lipinski definition) is 6. The van der Waals surface area contributed by atoms with E-state index in [2.05, 4.69) is 5.10 Å². The molecule has 8 nitrogen and oxygen atoms in total. The van der Waals surface area contributed by atoms with Crippen molar-refractivity contribution in [3.63, 3.8) is 0 Å². The van der Waals surface area contributed by atoms with Gasteiger partial charge in [-0.1, -0.05) is 59.6 Å². The van der Waals surface area contributed by atoms with Gasteiger partial charge in [0.2, 0.25) is 5.75 Å². The number of benzene rings is 3. The molecule has 0 saturated heterocycles. The average Bonchev–Trinajstić information content (AvgIpc) is 2.81. The number of halogens is 1. The highest BCUT2D eigenvalue weighted by Gasteiger charge is 2.24. The second-order valence-electron chi connectivity index (χ2n) is 7.60. The first-order valence-electron chi connectivity index (χ1n) is 10.2. The summed E-state index contributed by atoms with van der Waals surface area (Å²) in [6.07, 6.45) is 1.32. The molecule has 4 aromatic rings. The zero-order valence-corrected chi connectivity index (χ0v) is 20.7. The minimum absolute atomic E-state index is 0.0694. The predicted octanol–water partition coefficient (Wildman–Crippen LogP) is 4.35. The third kappa shape index (κ3) is 5.68. The molecule has 0 aliphatic rings. The van der Waals surface area contributed by atoms with E-state index in [0.29, 0.717) is 21.8 Å². The first-order chi connectivity index (χ1) is 16.6. The van der Waals surface area contributed by atoms with Crippen LogP contribution >= 0.6 is 11.6 Å². The maximum Gasteiger partial charge on any atom is 0.339 e. The van der Waals surface area contributed by atoms with Gasteiger partial charge >= 0.3 is 15.7 Å². The van der Waals surface area contributed by atoms with E-state index < -0.39 is 32.5 Å². The molecule has 3 aromatic carbocycles. The third-order valence-corrected chi connectivity index (χ3v) is 7.10. The van der Waals surface area contributed by atoms with Crippen LogP contribution in [-0.2, 0) is 27.0 Å². The Balaban J connectivity index is 1.86. The second-order valence-corrected chi connectivity index (χ2v) is 10.5. The van der Waals surface area contributed by atoms with Crippen molar-refractivity contribution in [3.05, 3.63) is 105 Å². The fourth-order valence-electron chi connectivity index (χ4n) is 3.30. The van der Waals surface area contributed by atoms with Crippen LogP contribution in [0.4, 0.5) is 0 Å². The fraction of sp³-hybridized carbons (Fsp3) is 0.0833. The van der Waals surface area contributed by atoms with E-state index in [4.69, 9.17) is 20.3 Å². The van der Waals surface area contributed by atoms with Gasteiger partial charge in [0.15, 0.2) is 11.1 Å². The van der Waals surface area contributed by atoms with E-state index >= 15 is 0 Å². The van der Waals surface area contributed by atoms with Gasteiger partial charge in [0.05, 0.1) is 23.2 Å². The molecular weight excluding hydrogens is 512 g/mol. The van der Waals surface area contributed by atoms with Gasteiger partial charge < -0.3 is 8.74 Å². The van der Waals surface area contributed by atoms with Gasteiger partial charge in [-0.2, -0.15) is 18.2 Å². The number of rotatable bonds is 7. The van der Waals surface area contributed by atoms with Crippen LogP contribution in [-0.4, -0.2) is 27.0 Å². The summed E-state index contributed by atoms with van der Waals surface area (Å²) in [6, 6.07) is 18.8. The Morgan fingerprint density at radius 1 is 1.06 bits per heavy atom. The second kappa shape index (κ2) is 10.1. The van der Waals surface area contributed by atoms with Crippen molar-refractivity contribution >= 4 is 32.8 Å². The van der Waals surface area contributed by atoms with E-state index in [-0.39, 0.29) is 16.2 Å². The SMILES string of the molecule is Cc1ccc(S(=O)(=O)Oc2c(-c3ccc(CS(=O)O)cc3)cnn(-c3cccc(Cl)c3)c2=O)cc1. The molecule has 1 atom stereocenters. The third-order valence-electron chi connectivity index (χ3n) is 5.04. The highest BCUT2D eigenvalue weighted by atomic mass is 35.5. The molecule has 1 aromatic heterocycles. The molecule has 11 heteroatoms. The Kier molecular flexibility index (Phi) is 7.18. The lowest BCUT2D eigenvalue weighted by molar-refractivity contribution is 0.479. The van der Waals surface area contributed by atoms with Gasteiger partial charge in [-0.15, -0.1) is 0 Å². The minimum atomic E-state index is -4.35. The number of hydrogen-bond donors (Lipinski definition) is 1. The Hall–Kier alpha value is -3.31. The molecule has 0 spiro atoms. The number of aryl methyl sites for hydroxylation is 1. The van der Waals surface area contributed by atoms with Gasteiger partial charge in [0, 0.05) is 5.02 Å². The highest BCUT2D eigenvalue weighted by Crippen LogP contribution is 2.30. The van der Waals surface area contributed by atoms with E-state index in [0.717, 1.165) is 10.2 Å². The number of nitrogens with zero attached hydrogens (tertiary/aromatic N) is 2. The van der Waals surface area contributed by atoms with Crippen LogP contribution < -0.4 is 9.74 Å². The molecular formula is C24H19ClN2O6S2. The van der Waals surface area contributed by atoms with E-state index in [1.807, 2.05) is 6.92 Å². The maximum absolute atomic E-state index is 13.4. The molecule has 0 aliphatic carbocycles. The summed E-state index contributed by atoms with van der Waals surface area (Å²) in [5, 5.41) is 4.56. The Labute approximate surface area is 209 Å². The van der Waals surface area contributed by atoms with Gasteiger partial charge in [-0.05, 0) is 48.4 Å². The summed E-state index contributed by atoms with van der Waals surface area (Å²) < 4.78 is 52.7. The lowest BCUT2D eigenvalue weighted by Crippen LogP contribution is -2.25. The molecule has 1 unspecified atom stereocenters. The molecule has 0 bridgehead atoms. The van der Waals surface area contributed by atoms with Gasteiger partial charge in [-0.25, -0.2) is 4.21 Å². The molecule has 0 amide bonds. The molecule has 35 heavy (non-hydrogen) atoms. The first-order valence-corrected chi connectivity index (χ1v) is 13.3. The van der Waals surface area contributed by atoms with E-state index in [9.17, 15) is 17.4 Å². The quantitative estimate of drug-likeness (QED) is 0.279. The topological polar surface area (TPSA) is 116 Å². The predicted molar refractivity (Wildman–Crippen MR) is 134 cm³/mol. The molecule has 1 N–H and O–H groups in total. The lowest BCUT2D eigenvalue weighted by Gasteiger charge is -2.14. The zero-order valence-electron chi connectivity index (χ0n) is 18.3. The Morgan fingerprint density at radius 2 is 1.74 bits per heavy atom. The molecule has 4 rings (SSSR count). The number of aromatic nitrogens is 2. The van der Waals surface area contributed by atoms with Crippen LogP contribution in [0.25, 0.3) is 16.8 Å². The van der Waals surface area contributed by atoms with Crippen LogP contribution in [0, 0.1) is 6.92 Å². The van der Waals surface area contributed by atoms with Crippen LogP contribution in [0.1, 0.15) is 11.1 Å². The van der Waals surface area contributed by atoms with Crippen molar-refractivity contribution in [1.82, 2.24) is 9.78 Å². The van der Waals surface area contributed by atoms with Crippen LogP contribution in [0.3, 0.4) is 0 Å². The Bertz CT molecular complexity index is 1570. The zero-order chi connectivity index (χ0) is 25.2. The van der Waals surface area contributed by atoms with Crippen molar-refractivity contribution in [3.8, 4) is 22.6 Å². The molecule has 0 saturated carbocycles. The largest absolute Gasteiger partial charge is 0.372 e. The standard InChI is InChI=1S/C24H19ClN2O6S2/c1-16-5-11-21(12-6-16)35(31,32)33-23-22(18-9-7-17(8-10-18)15-34(29)30)14-26-27(24(23)28)20-4-2-3-19(25)13-20/h2-14H,15H2,1H3,(H,29,30). The molecule has 180 valence electrons. The average molecular weight is 531 g/mol. The molecule has 0 aliphatic heterocycles. The molecule has 0 fully saturated rings. The van der Waals surface area contributed by atoms with Crippen LogP contribution in [0.5, 0.6) is 5.75 Å².